The second-order valence-electron chi connectivity index (χ2n) is 7.48. The van der Waals surface area contributed by atoms with Crippen molar-refractivity contribution >= 4 is 16.8 Å². The van der Waals surface area contributed by atoms with E-state index >= 15 is 0 Å². The first-order valence-corrected chi connectivity index (χ1v) is 9.85. The van der Waals surface area contributed by atoms with Crippen molar-refractivity contribution in [3.63, 3.8) is 0 Å². The molecule has 0 radical (unpaired) electrons. The number of urea groups is 1. The lowest BCUT2D eigenvalue weighted by molar-refractivity contribution is 0.0697. The maximum atomic E-state index is 12.9. The van der Waals surface area contributed by atoms with Crippen LogP contribution in [-0.2, 0) is 0 Å². The van der Waals surface area contributed by atoms with Crippen molar-refractivity contribution in [1.29, 1.82) is 0 Å². The standard InChI is InChI=1S/C22H31N3O3/c1-15(23-22(26)25(3)20-11-6-7-14-24(20)2)16-12-13-19(28-5)21-17(16)9-8-10-18(21)27-4/h8-10,12-13,15,20H,6-7,11,14H2,1-5H3,(H,23,26). The van der Waals surface area contributed by atoms with Crippen LogP contribution in [0.2, 0.25) is 0 Å². The molecule has 6 heteroatoms. The Kier molecular flexibility index (Phi) is 6.29. The van der Waals surface area contributed by atoms with Gasteiger partial charge >= 0.3 is 6.03 Å². The molecule has 0 aliphatic carbocycles. The lowest BCUT2D eigenvalue weighted by atomic mass is 9.98. The zero-order valence-corrected chi connectivity index (χ0v) is 17.5. The molecular weight excluding hydrogens is 354 g/mol. The van der Waals surface area contributed by atoms with E-state index in [4.69, 9.17) is 9.47 Å². The van der Waals surface area contributed by atoms with Crippen LogP contribution in [0, 0.1) is 0 Å². The second-order valence-corrected chi connectivity index (χ2v) is 7.48. The van der Waals surface area contributed by atoms with E-state index in [0.29, 0.717) is 0 Å². The number of hydrogen-bond acceptors (Lipinski definition) is 4. The number of hydrogen-bond donors (Lipinski definition) is 1. The number of piperidine rings is 1. The molecule has 1 heterocycles. The van der Waals surface area contributed by atoms with Crippen molar-refractivity contribution in [2.24, 2.45) is 0 Å². The molecule has 0 bridgehead atoms. The van der Waals surface area contributed by atoms with Gasteiger partial charge in [-0.1, -0.05) is 18.2 Å². The number of ether oxygens (including phenoxy) is 2. The van der Waals surface area contributed by atoms with Crippen LogP contribution in [0.4, 0.5) is 4.79 Å². The summed E-state index contributed by atoms with van der Waals surface area (Å²) in [5, 5.41) is 5.10. The van der Waals surface area contributed by atoms with Gasteiger partial charge in [0.15, 0.2) is 0 Å². The van der Waals surface area contributed by atoms with E-state index in [1.165, 1.54) is 6.42 Å². The predicted octanol–water partition coefficient (Wildman–Crippen LogP) is 4.00. The predicted molar refractivity (Wildman–Crippen MR) is 112 cm³/mol. The number of benzene rings is 2. The van der Waals surface area contributed by atoms with Gasteiger partial charge in [-0.25, -0.2) is 4.79 Å². The summed E-state index contributed by atoms with van der Waals surface area (Å²) in [5.74, 6) is 1.52. The Bertz CT molecular complexity index is 829. The first-order chi connectivity index (χ1) is 13.5. The molecule has 1 aliphatic rings. The topological polar surface area (TPSA) is 54.0 Å². The number of methoxy groups -OCH3 is 2. The van der Waals surface area contributed by atoms with E-state index in [-0.39, 0.29) is 18.2 Å². The normalized spacial score (nSPS) is 18.5. The highest BCUT2D eigenvalue weighted by Gasteiger charge is 2.27. The van der Waals surface area contributed by atoms with Crippen LogP contribution in [0.25, 0.3) is 10.8 Å². The minimum atomic E-state index is -0.149. The van der Waals surface area contributed by atoms with Crippen molar-refractivity contribution in [3.05, 3.63) is 35.9 Å². The van der Waals surface area contributed by atoms with Gasteiger partial charge in [0.1, 0.15) is 11.5 Å². The Morgan fingerprint density at radius 1 is 1.18 bits per heavy atom. The number of nitrogens with zero attached hydrogens (tertiary/aromatic N) is 2. The smallest absolute Gasteiger partial charge is 0.318 e. The zero-order valence-electron chi connectivity index (χ0n) is 17.5. The summed E-state index contributed by atoms with van der Waals surface area (Å²) in [6, 6.07) is 9.66. The third kappa shape index (κ3) is 3.87. The van der Waals surface area contributed by atoms with E-state index in [9.17, 15) is 4.79 Å². The average molecular weight is 386 g/mol. The van der Waals surface area contributed by atoms with Gasteiger partial charge in [-0.05, 0) is 62.9 Å². The van der Waals surface area contributed by atoms with E-state index in [1.54, 1.807) is 14.2 Å². The molecule has 2 unspecified atom stereocenters. The Labute approximate surface area is 167 Å². The third-order valence-electron chi connectivity index (χ3n) is 5.74. The van der Waals surface area contributed by atoms with Crippen LogP contribution in [0.15, 0.2) is 30.3 Å². The van der Waals surface area contributed by atoms with Crippen molar-refractivity contribution in [2.45, 2.75) is 38.4 Å². The van der Waals surface area contributed by atoms with Crippen molar-refractivity contribution in [2.75, 3.05) is 34.9 Å². The molecule has 2 aromatic carbocycles. The fourth-order valence-electron chi connectivity index (χ4n) is 4.13. The lowest BCUT2D eigenvalue weighted by Crippen LogP contribution is -2.52. The van der Waals surface area contributed by atoms with Crippen molar-refractivity contribution in [3.8, 4) is 11.5 Å². The maximum Gasteiger partial charge on any atom is 0.318 e. The Morgan fingerprint density at radius 2 is 1.89 bits per heavy atom. The van der Waals surface area contributed by atoms with Crippen LogP contribution < -0.4 is 14.8 Å². The van der Waals surface area contributed by atoms with Crippen LogP contribution in [0.5, 0.6) is 11.5 Å². The monoisotopic (exact) mass is 385 g/mol. The fraction of sp³-hybridized carbons (Fsp3) is 0.500. The maximum absolute atomic E-state index is 12.9. The summed E-state index contributed by atoms with van der Waals surface area (Å²) in [5.41, 5.74) is 1.04. The van der Waals surface area contributed by atoms with E-state index in [1.807, 2.05) is 49.2 Å². The molecule has 3 rings (SSSR count). The lowest BCUT2D eigenvalue weighted by Gasteiger charge is -2.39. The Morgan fingerprint density at radius 3 is 2.57 bits per heavy atom. The van der Waals surface area contributed by atoms with Crippen molar-refractivity contribution in [1.82, 2.24) is 15.1 Å². The van der Waals surface area contributed by atoms with Gasteiger partial charge < -0.3 is 19.7 Å². The fourth-order valence-corrected chi connectivity index (χ4v) is 4.13. The van der Waals surface area contributed by atoms with Crippen LogP contribution in [-0.4, -0.2) is 56.9 Å². The molecule has 1 N–H and O–H groups in total. The molecule has 0 aromatic heterocycles. The van der Waals surface area contributed by atoms with E-state index in [0.717, 1.165) is 47.2 Å². The van der Waals surface area contributed by atoms with Crippen LogP contribution >= 0.6 is 0 Å². The quantitative estimate of drug-likeness (QED) is 0.845. The highest BCUT2D eigenvalue weighted by Crippen LogP contribution is 2.37. The average Bonchev–Trinajstić information content (AvgIpc) is 2.72. The summed E-state index contributed by atoms with van der Waals surface area (Å²) < 4.78 is 11.1. The first-order valence-electron chi connectivity index (χ1n) is 9.85. The molecule has 28 heavy (non-hydrogen) atoms. The molecule has 2 atom stereocenters. The Hall–Kier alpha value is -2.47. The minimum absolute atomic E-state index is 0.0573. The van der Waals surface area contributed by atoms with Gasteiger partial charge in [-0.2, -0.15) is 0 Å². The van der Waals surface area contributed by atoms with E-state index < -0.39 is 0 Å². The third-order valence-corrected chi connectivity index (χ3v) is 5.74. The molecule has 0 saturated carbocycles. The summed E-state index contributed by atoms with van der Waals surface area (Å²) in [6.45, 7) is 3.04. The highest BCUT2D eigenvalue weighted by molar-refractivity contribution is 5.96. The molecule has 1 saturated heterocycles. The number of rotatable bonds is 5. The van der Waals surface area contributed by atoms with Gasteiger partial charge in [0.25, 0.3) is 0 Å². The molecule has 2 amide bonds. The molecule has 1 aliphatic heterocycles. The number of likely N-dealkylation sites (tertiary alicyclic amines) is 1. The number of nitrogens with one attached hydrogen (secondary N) is 1. The molecule has 1 fully saturated rings. The van der Waals surface area contributed by atoms with Crippen LogP contribution in [0.3, 0.4) is 0 Å². The summed E-state index contributed by atoms with van der Waals surface area (Å²) in [7, 11) is 7.27. The summed E-state index contributed by atoms with van der Waals surface area (Å²) >= 11 is 0. The van der Waals surface area contributed by atoms with Gasteiger partial charge in [-0.15, -0.1) is 0 Å². The highest BCUT2D eigenvalue weighted by atomic mass is 16.5. The number of fused-ring (bicyclic) bond motifs is 1. The van der Waals surface area contributed by atoms with Gasteiger partial charge in [-0.3, -0.25) is 4.90 Å². The molecule has 152 valence electrons. The molecule has 0 spiro atoms. The second kappa shape index (κ2) is 8.69. The minimum Gasteiger partial charge on any atom is -0.496 e. The Balaban J connectivity index is 1.85. The van der Waals surface area contributed by atoms with Crippen molar-refractivity contribution < 1.29 is 14.3 Å². The number of amides is 2. The van der Waals surface area contributed by atoms with E-state index in [2.05, 4.69) is 17.3 Å². The molecule has 6 nitrogen and oxygen atoms in total. The summed E-state index contributed by atoms with van der Waals surface area (Å²) in [4.78, 5) is 17.0. The largest absolute Gasteiger partial charge is 0.496 e. The first kappa shape index (κ1) is 20.3. The van der Waals surface area contributed by atoms with Gasteiger partial charge in [0, 0.05) is 7.05 Å². The SMILES string of the molecule is COc1cccc2c(C(C)NC(=O)N(C)C3CCCCN3C)ccc(OC)c12. The number of carbonyl (C=O) groups is 1. The van der Waals surface area contributed by atoms with Crippen LogP contribution in [0.1, 0.15) is 37.8 Å². The van der Waals surface area contributed by atoms with Gasteiger partial charge in [0.2, 0.25) is 0 Å². The summed E-state index contributed by atoms with van der Waals surface area (Å²) in [6.07, 6.45) is 3.51. The zero-order chi connectivity index (χ0) is 20.3. The van der Waals surface area contributed by atoms with Gasteiger partial charge in [0.05, 0.1) is 31.8 Å². The molecule has 2 aromatic rings. The molecular formula is C22H31N3O3. The number of carbonyl (C=O) groups excluding carboxylic acids is 1.